The number of allylic oxidation sites excluding steroid dienone is 1. The fourth-order valence-corrected chi connectivity index (χ4v) is 8.17. The van der Waals surface area contributed by atoms with Gasteiger partial charge in [0, 0.05) is 14.3 Å². The van der Waals surface area contributed by atoms with E-state index in [9.17, 15) is 0 Å². The van der Waals surface area contributed by atoms with Crippen molar-refractivity contribution < 1.29 is 55.4 Å². The van der Waals surface area contributed by atoms with Gasteiger partial charge in [-0.1, -0.05) is 127 Å². The molecule has 7 rings (SSSR count). The normalized spacial score (nSPS) is 13.2. The zero-order chi connectivity index (χ0) is 27.8. The van der Waals surface area contributed by atoms with E-state index in [0.29, 0.717) is 0 Å². The summed E-state index contributed by atoms with van der Waals surface area (Å²) in [6.07, 6.45) is 4.22. The van der Waals surface area contributed by atoms with Gasteiger partial charge in [0.25, 0.3) is 0 Å². The third-order valence-electron chi connectivity index (χ3n) is 8.58. The Bertz CT molecular complexity index is 1910. The van der Waals surface area contributed by atoms with E-state index < -0.39 is 8.41 Å². The SMILES string of the molecule is CC[Si](=Cc1ccccc1C1=Cc2ccccc2C1c1cccc2[cH-]c(-c3ccccc3)c(-c3ccco3)c12)CC.[Cl-].[Cl-].[Zr+3]. The molecule has 1 atom stereocenters. The van der Waals surface area contributed by atoms with Crippen molar-refractivity contribution >= 4 is 36.5 Å². The fraction of sp³-hybridized carbons (Fsp3) is 0.128. The Morgan fingerprint density at radius 1 is 0.750 bits per heavy atom. The Labute approximate surface area is 293 Å². The summed E-state index contributed by atoms with van der Waals surface area (Å²) in [4.78, 5) is 0. The molecule has 1 heterocycles. The van der Waals surface area contributed by atoms with Gasteiger partial charge >= 0.3 is 26.2 Å². The van der Waals surface area contributed by atoms with Crippen molar-refractivity contribution in [3.63, 3.8) is 0 Å². The third-order valence-corrected chi connectivity index (χ3v) is 11.1. The topological polar surface area (TPSA) is 13.1 Å². The van der Waals surface area contributed by atoms with E-state index in [1.165, 1.54) is 72.9 Å². The number of rotatable bonds is 7. The van der Waals surface area contributed by atoms with Crippen molar-refractivity contribution in [1.29, 1.82) is 0 Å². The summed E-state index contributed by atoms with van der Waals surface area (Å²) in [6, 6.07) is 44.4. The van der Waals surface area contributed by atoms with E-state index in [-0.39, 0.29) is 56.9 Å². The Hall–Kier alpha value is -2.94. The summed E-state index contributed by atoms with van der Waals surface area (Å²) >= 11 is 0. The first-order valence-corrected chi connectivity index (χ1v) is 16.7. The Kier molecular flexibility index (Phi) is 11.5. The second kappa shape index (κ2) is 14.9. The first-order chi connectivity index (χ1) is 20.3. The van der Waals surface area contributed by atoms with Gasteiger partial charge in [0.2, 0.25) is 0 Å². The summed E-state index contributed by atoms with van der Waals surface area (Å²) in [5.74, 6) is 1.04. The zero-order valence-corrected chi connectivity index (χ0v) is 29.8. The van der Waals surface area contributed by atoms with Gasteiger partial charge in [0.1, 0.15) is 0 Å². The molecule has 0 fully saturated rings. The van der Waals surface area contributed by atoms with E-state index in [1.54, 1.807) is 6.26 Å². The fourth-order valence-electron chi connectivity index (χ4n) is 6.57. The molecule has 0 amide bonds. The Morgan fingerprint density at radius 2 is 1.45 bits per heavy atom. The summed E-state index contributed by atoms with van der Waals surface area (Å²) in [7, 11) is -0.537. The summed E-state index contributed by atoms with van der Waals surface area (Å²) in [6.45, 7) is 4.67. The molecule has 0 spiro atoms. The van der Waals surface area contributed by atoms with Gasteiger partial charge in [-0.2, -0.15) is 0 Å². The van der Waals surface area contributed by atoms with Crippen LogP contribution in [0.25, 0.3) is 44.9 Å². The Morgan fingerprint density at radius 3 is 2.20 bits per heavy atom. The van der Waals surface area contributed by atoms with Gasteiger partial charge in [-0.15, -0.1) is 28.5 Å². The van der Waals surface area contributed by atoms with Crippen LogP contribution in [0.4, 0.5) is 0 Å². The minimum atomic E-state index is -0.537. The van der Waals surface area contributed by atoms with Crippen molar-refractivity contribution in [2.75, 3.05) is 0 Å². The molecule has 44 heavy (non-hydrogen) atoms. The standard InChI is InChI=1S/C39H33OSi.2ClH.Zr/c1-3-41(4-2)26-30-17-9-10-19-31(30)35-24-28-16-8-11-20-32(28)38(35)33-21-12-18-29-25-34(27-14-6-5-7-15-27)39(37(29)33)36-22-13-23-40-36;;;/h5-26,38H,3-4H2,1-2H3;2*1H;/q-1;;;+3/p-2. The molecule has 5 heteroatoms. The van der Waals surface area contributed by atoms with Crippen molar-refractivity contribution in [2.24, 2.45) is 0 Å². The van der Waals surface area contributed by atoms with Crippen LogP contribution < -0.4 is 24.8 Å². The monoisotopic (exact) mass is 705 g/mol. The quantitative estimate of drug-likeness (QED) is 0.177. The average molecular weight is 708 g/mol. The van der Waals surface area contributed by atoms with Gasteiger partial charge in [0.05, 0.1) is 12.0 Å². The van der Waals surface area contributed by atoms with Crippen LogP contribution in [0.2, 0.25) is 12.1 Å². The molecule has 0 N–H and O–H groups in total. The largest absolute Gasteiger partial charge is 3.00 e. The van der Waals surface area contributed by atoms with Crippen molar-refractivity contribution in [1.82, 2.24) is 0 Å². The summed E-state index contributed by atoms with van der Waals surface area (Å²) in [5, 5.41) is 2.53. The Balaban J connectivity index is 0.00000147. The number of hydrogen-bond donors (Lipinski definition) is 0. The molecule has 0 aliphatic heterocycles. The van der Waals surface area contributed by atoms with Crippen LogP contribution in [-0.2, 0) is 26.2 Å². The zero-order valence-electron chi connectivity index (χ0n) is 24.9. The smallest absolute Gasteiger partial charge is 1.00 e. The first kappa shape index (κ1) is 33.9. The molecular weight excluding hydrogens is 675 g/mol. The third kappa shape index (κ3) is 6.13. The number of hydrogen-bond acceptors (Lipinski definition) is 1. The molecule has 5 aromatic carbocycles. The molecule has 1 radical (unpaired) electrons. The first-order valence-electron chi connectivity index (χ1n) is 14.7. The van der Waals surface area contributed by atoms with Crippen LogP contribution in [0.15, 0.2) is 126 Å². The maximum absolute atomic E-state index is 6.12. The predicted molar refractivity (Wildman–Crippen MR) is 177 cm³/mol. The number of benzene rings is 4. The van der Waals surface area contributed by atoms with E-state index in [2.05, 4.69) is 135 Å². The van der Waals surface area contributed by atoms with E-state index >= 15 is 0 Å². The van der Waals surface area contributed by atoms with Gasteiger partial charge < -0.3 is 29.2 Å². The minimum Gasteiger partial charge on any atom is -1.00 e. The molecule has 217 valence electrons. The molecular formula is C39H33Cl2OSiZr. The van der Waals surface area contributed by atoms with Gasteiger partial charge in [-0.05, 0) is 58.1 Å². The summed E-state index contributed by atoms with van der Waals surface area (Å²) < 4.78 is 6.12. The molecule has 1 aliphatic carbocycles. The van der Waals surface area contributed by atoms with Gasteiger partial charge in [-0.3, -0.25) is 0 Å². The van der Waals surface area contributed by atoms with Crippen molar-refractivity contribution in [3.8, 4) is 22.5 Å². The van der Waals surface area contributed by atoms with E-state index in [0.717, 1.165) is 5.76 Å². The van der Waals surface area contributed by atoms with Crippen LogP contribution in [0.1, 0.15) is 47.6 Å². The second-order valence-corrected chi connectivity index (χ2v) is 13.9. The van der Waals surface area contributed by atoms with Crippen LogP contribution in [-0.4, -0.2) is 14.1 Å². The summed E-state index contributed by atoms with van der Waals surface area (Å²) in [5.41, 5.74) is 14.3. The number of fused-ring (bicyclic) bond motifs is 2. The van der Waals surface area contributed by atoms with Crippen molar-refractivity contribution in [3.05, 3.63) is 149 Å². The molecule has 6 aromatic rings. The minimum absolute atomic E-state index is 0. The average Bonchev–Trinajstić information content (AvgIpc) is 3.77. The van der Waals surface area contributed by atoms with Crippen LogP contribution in [0, 0.1) is 0 Å². The number of furan rings is 1. The van der Waals surface area contributed by atoms with Gasteiger partial charge in [-0.25, -0.2) is 0 Å². The van der Waals surface area contributed by atoms with Crippen LogP contribution in [0.5, 0.6) is 0 Å². The molecule has 0 saturated carbocycles. The van der Waals surface area contributed by atoms with Crippen LogP contribution >= 0.6 is 0 Å². The molecule has 1 nitrogen and oxygen atoms in total. The van der Waals surface area contributed by atoms with Gasteiger partial charge in [0.15, 0.2) is 0 Å². The molecule has 1 unspecified atom stereocenters. The molecule has 0 saturated heterocycles. The molecule has 1 aromatic heterocycles. The maximum atomic E-state index is 6.12. The van der Waals surface area contributed by atoms with E-state index in [1.807, 2.05) is 6.07 Å². The van der Waals surface area contributed by atoms with E-state index in [4.69, 9.17) is 4.42 Å². The second-order valence-electron chi connectivity index (χ2n) is 10.8. The maximum Gasteiger partial charge on any atom is 3.00 e. The number of halogens is 2. The molecule has 0 bridgehead atoms. The van der Waals surface area contributed by atoms with Crippen LogP contribution in [0.3, 0.4) is 0 Å². The van der Waals surface area contributed by atoms with Crippen molar-refractivity contribution in [2.45, 2.75) is 31.9 Å². The molecule has 1 aliphatic rings. The predicted octanol–water partition coefficient (Wildman–Crippen LogP) is 4.44.